The maximum absolute atomic E-state index is 5.21. The molecule has 0 saturated heterocycles. The first-order chi connectivity index (χ1) is 3.93. The number of rotatable bonds is 1. The summed E-state index contributed by atoms with van der Waals surface area (Å²) in [6, 6.07) is 0. The van der Waals surface area contributed by atoms with Crippen molar-refractivity contribution in [2.75, 3.05) is 0 Å². The van der Waals surface area contributed by atoms with E-state index >= 15 is 0 Å². The normalized spacial score (nSPS) is 9.12. The zero-order valence-electron chi connectivity index (χ0n) is 4.28. The van der Waals surface area contributed by atoms with Crippen LogP contribution in [0.5, 0.6) is 0 Å². The van der Waals surface area contributed by atoms with Crippen molar-refractivity contribution in [2.45, 2.75) is 6.54 Å². The molecule has 0 aliphatic heterocycles. The summed E-state index contributed by atoms with van der Waals surface area (Å²) >= 11 is 0. The fourth-order valence-electron chi connectivity index (χ4n) is 0.369. The summed E-state index contributed by atoms with van der Waals surface area (Å²) in [5.74, 6) is 0. The molecule has 0 radical (unpaired) electrons. The van der Waals surface area contributed by atoms with Crippen molar-refractivity contribution in [3.8, 4) is 0 Å². The highest BCUT2D eigenvalue weighted by atomic mass is 15.1. The second kappa shape index (κ2) is 2.32. The predicted octanol–water partition coefficient (Wildman–Crippen LogP) is -0.670. The van der Waals surface area contributed by atoms with Crippen LogP contribution in [0, 0.1) is 0 Å². The van der Waals surface area contributed by atoms with Gasteiger partial charge in [0, 0.05) is 6.54 Å². The molecule has 0 atom stereocenters. The van der Waals surface area contributed by atoms with Crippen LogP contribution >= 0.6 is 0 Å². The van der Waals surface area contributed by atoms with Crippen LogP contribution in [-0.4, -0.2) is 15.2 Å². The summed E-state index contributed by atoms with van der Waals surface area (Å²) in [6.07, 6.45) is 2.96. The molecule has 0 aliphatic carbocycles. The lowest BCUT2D eigenvalue weighted by Gasteiger charge is -1.86. The number of hydrogen-bond donors (Lipinski definition) is 1. The molecular formula is C4H6N4. The lowest BCUT2D eigenvalue weighted by atomic mass is 10.5. The van der Waals surface area contributed by atoms with Crippen LogP contribution in [0.15, 0.2) is 12.5 Å². The SMILES string of the molecule is NCc1cncnn1. The third kappa shape index (κ3) is 0.974. The molecule has 4 heteroatoms. The third-order valence-corrected chi connectivity index (χ3v) is 0.737. The first-order valence-electron chi connectivity index (χ1n) is 2.25. The number of nitrogens with zero attached hydrogens (tertiary/aromatic N) is 3. The lowest BCUT2D eigenvalue weighted by Crippen LogP contribution is -2.00. The van der Waals surface area contributed by atoms with Gasteiger partial charge >= 0.3 is 0 Å². The fourth-order valence-corrected chi connectivity index (χ4v) is 0.369. The molecule has 1 heterocycles. The maximum atomic E-state index is 5.21. The van der Waals surface area contributed by atoms with Crippen LogP contribution < -0.4 is 5.73 Å². The van der Waals surface area contributed by atoms with Crippen LogP contribution in [0.2, 0.25) is 0 Å². The average Bonchev–Trinajstić information content (AvgIpc) is 1.90. The Labute approximate surface area is 46.8 Å². The minimum Gasteiger partial charge on any atom is -0.325 e. The summed E-state index contributed by atoms with van der Waals surface area (Å²) in [5, 5.41) is 7.17. The molecular weight excluding hydrogens is 104 g/mol. The van der Waals surface area contributed by atoms with Crippen molar-refractivity contribution >= 4 is 0 Å². The highest BCUT2D eigenvalue weighted by Crippen LogP contribution is 1.80. The Morgan fingerprint density at radius 2 is 2.50 bits per heavy atom. The van der Waals surface area contributed by atoms with E-state index in [1.54, 1.807) is 6.20 Å². The van der Waals surface area contributed by atoms with Crippen molar-refractivity contribution in [3.63, 3.8) is 0 Å². The van der Waals surface area contributed by atoms with Crippen molar-refractivity contribution in [3.05, 3.63) is 18.2 Å². The standard InChI is InChI=1S/C4H6N4/c5-1-4-2-6-3-7-8-4/h2-3H,1,5H2. The number of hydrogen-bond acceptors (Lipinski definition) is 4. The molecule has 0 amide bonds. The molecule has 0 fully saturated rings. The molecule has 1 aromatic heterocycles. The molecule has 2 N–H and O–H groups in total. The summed E-state index contributed by atoms with van der Waals surface area (Å²) < 4.78 is 0. The van der Waals surface area contributed by atoms with E-state index < -0.39 is 0 Å². The summed E-state index contributed by atoms with van der Waals surface area (Å²) in [7, 11) is 0. The zero-order chi connectivity index (χ0) is 5.82. The third-order valence-electron chi connectivity index (χ3n) is 0.737. The van der Waals surface area contributed by atoms with Gasteiger partial charge in [0.15, 0.2) is 0 Å². The van der Waals surface area contributed by atoms with Crippen molar-refractivity contribution < 1.29 is 0 Å². The van der Waals surface area contributed by atoms with Gasteiger partial charge in [-0.1, -0.05) is 0 Å². The average molecular weight is 110 g/mol. The molecule has 4 nitrogen and oxygen atoms in total. The van der Waals surface area contributed by atoms with Crippen molar-refractivity contribution in [1.82, 2.24) is 15.2 Å². The van der Waals surface area contributed by atoms with Crippen LogP contribution in [0.4, 0.5) is 0 Å². The van der Waals surface area contributed by atoms with Gasteiger partial charge in [0.25, 0.3) is 0 Å². The largest absolute Gasteiger partial charge is 0.325 e. The minimum atomic E-state index is 0.404. The Kier molecular flexibility index (Phi) is 1.48. The lowest BCUT2D eigenvalue weighted by molar-refractivity contribution is 0.861. The molecule has 42 valence electrons. The second-order valence-corrected chi connectivity index (χ2v) is 1.30. The molecule has 0 aliphatic rings. The molecule has 0 unspecified atom stereocenters. The molecule has 0 spiro atoms. The van der Waals surface area contributed by atoms with Gasteiger partial charge in [-0.15, -0.1) is 5.10 Å². The van der Waals surface area contributed by atoms with Crippen molar-refractivity contribution in [1.29, 1.82) is 0 Å². The molecule has 8 heavy (non-hydrogen) atoms. The Balaban J connectivity index is 2.83. The van der Waals surface area contributed by atoms with Gasteiger partial charge in [-0.3, -0.25) is 0 Å². The van der Waals surface area contributed by atoms with Gasteiger partial charge in [-0.2, -0.15) is 5.10 Å². The molecule has 1 aromatic rings. The van der Waals surface area contributed by atoms with Gasteiger partial charge in [0.1, 0.15) is 6.33 Å². The van der Waals surface area contributed by atoms with Crippen LogP contribution in [-0.2, 0) is 6.54 Å². The van der Waals surface area contributed by atoms with E-state index in [9.17, 15) is 0 Å². The van der Waals surface area contributed by atoms with Crippen molar-refractivity contribution in [2.24, 2.45) is 5.73 Å². The van der Waals surface area contributed by atoms with Gasteiger partial charge in [-0.05, 0) is 0 Å². The highest BCUT2D eigenvalue weighted by molar-refractivity contribution is 4.87. The predicted molar refractivity (Wildman–Crippen MR) is 27.7 cm³/mol. The topological polar surface area (TPSA) is 64.7 Å². The quantitative estimate of drug-likeness (QED) is 0.520. The summed E-state index contributed by atoms with van der Waals surface area (Å²) in [6.45, 7) is 0.404. The number of nitrogens with two attached hydrogens (primary N) is 1. The number of aromatic nitrogens is 3. The van der Waals surface area contributed by atoms with E-state index in [0.717, 1.165) is 0 Å². The van der Waals surface area contributed by atoms with E-state index in [1.165, 1.54) is 6.33 Å². The maximum Gasteiger partial charge on any atom is 0.138 e. The summed E-state index contributed by atoms with van der Waals surface area (Å²) in [5.41, 5.74) is 5.92. The highest BCUT2D eigenvalue weighted by Gasteiger charge is 1.84. The minimum absolute atomic E-state index is 0.404. The van der Waals surface area contributed by atoms with E-state index in [1.807, 2.05) is 0 Å². The van der Waals surface area contributed by atoms with Gasteiger partial charge < -0.3 is 5.73 Å². The molecule has 1 rings (SSSR count). The van der Waals surface area contributed by atoms with Gasteiger partial charge in [0.05, 0.1) is 11.9 Å². The van der Waals surface area contributed by atoms with Gasteiger partial charge in [-0.25, -0.2) is 4.98 Å². The molecule has 0 bridgehead atoms. The summed E-state index contributed by atoms with van der Waals surface area (Å²) in [4.78, 5) is 3.70. The first-order valence-corrected chi connectivity index (χ1v) is 2.25. The fraction of sp³-hybridized carbons (Fsp3) is 0.250. The Morgan fingerprint density at radius 3 is 2.88 bits per heavy atom. The molecule has 0 aromatic carbocycles. The van der Waals surface area contributed by atoms with E-state index in [2.05, 4.69) is 15.2 Å². The van der Waals surface area contributed by atoms with Crippen LogP contribution in [0.1, 0.15) is 5.69 Å². The zero-order valence-corrected chi connectivity index (χ0v) is 4.28. The molecule has 0 saturated carbocycles. The van der Waals surface area contributed by atoms with E-state index in [-0.39, 0.29) is 0 Å². The van der Waals surface area contributed by atoms with Crippen LogP contribution in [0.25, 0.3) is 0 Å². The smallest absolute Gasteiger partial charge is 0.138 e. The Morgan fingerprint density at radius 1 is 1.62 bits per heavy atom. The second-order valence-electron chi connectivity index (χ2n) is 1.30. The van der Waals surface area contributed by atoms with Crippen LogP contribution in [0.3, 0.4) is 0 Å². The van der Waals surface area contributed by atoms with Gasteiger partial charge in [0.2, 0.25) is 0 Å². The van der Waals surface area contributed by atoms with E-state index in [0.29, 0.717) is 12.2 Å². The van der Waals surface area contributed by atoms with E-state index in [4.69, 9.17) is 5.73 Å². The Bertz CT molecular complexity index is 149. The Hall–Kier alpha value is -1.03. The monoisotopic (exact) mass is 110 g/mol. The first kappa shape index (κ1) is 5.11.